The molecule has 1 saturated carbocycles. The van der Waals surface area contributed by atoms with Crippen molar-refractivity contribution >= 4 is 11.8 Å². The molecule has 0 radical (unpaired) electrons. The highest BCUT2D eigenvalue weighted by atomic mass is 16.2. The molecule has 1 aliphatic heterocycles. The number of carbonyl (C=O) groups excluding carboxylic acids is 2. The van der Waals surface area contributed by atoms with E-state index >= 15 is 0 Å². The molecule has 0 spiro atoms. The highest BCUT2D eigenvalue weighted by molar-refractivity contribution is 5.85. The summed E-state index contributed by atoms with van der Waals surface area (Å²) in [5.74, 6) is 0.785. The molecule has 2 amide bonds. The molecule has 5 heteroatoms. The quantitative estimate of drug-likeness (QED) is 0.652. The van der Waals surface area contributed by atoms with Gasteiger partial charge in [-0.2, -0.15) is 0 Å². The Morgan fingerprint density at radius 2 is 2.19 bits per heavy atom. The minimum absolute atomic E-state index is 0.00532. The summed E-state index contributed by atoms with van der Waals surface area (Å²) < 4.78 is 0. The van der Waals surface area contributed by atoms with E-state index < -0.39 is 0 Å². The first-order valence-corrected chi connectivity index (χ1v) is 5.92. The van der Waals surface area contributed by atoms with Gasteiger partial charge in [-0.15, -0.1) is 0 Å². The Bertz CT molecular complexity index is 289. The molecule has 5 nitrogen and oxygen atoms in total. The van der Waals surface area contributed by atoms with Crippen molar-refractivity contribution < 1.29 is 9.59 Å². The SMILES string of the molecule is CN1CCC(NCC(=O)NCC2CC2)C1=O. The summed E-state index contributed by atoms with van der Waals surface area (Å²) in [6, 6.07) is -0.170. The predicted molar refractivity (Wildman–Crippen MR) is 59.8 cm³/mol. The van der Waals surface area contributed by atoms with Gasteiger partial charge in [0.1, 0.15) is 0 Å². The van der Waals surface area contributed by atoms with Gasteiger partial charge in [0.2, 0.25) is 11.8 Å². The molecule has 1 aliphatic carbocycles. The number of likely N-dealkylation sites (tertiary alicyclic amines) is 1. The van der Waals surface area contributed by atoms with E-state index in [1.165, 1.54) is 12.8 Å². The summed E-state index contributed by atoms with van der Waals surface area (Å²) in [6.45, 7) is 1.82. The van der Waals surface area contributed by atoms with E-state index in [1.54, 1.807) is 11.9 Å². The molecule has 1 heterocycles. The number of rotatable bonds is 5. The lowest BCUT2D eigenvalue weighted by atomic mass is 10.2. The van der Waals surface area contributed by atoms with E-state index in [0.717, 1.165) is 19.5 Å². The van der Waals surface area contributed by atoms with Crippen LogP contribution in [0.25, 0.3) is 0 Å². The Morgan fingerprint density at radius 3 is 2.75 bits per heavy atom. The van der Waals surface area contributed by atoms with Crippen molar-refractivity contribution in [1.82, 2.24) is 15.5 Å². The van der Waals surface area contributed by atoms with Crippen molar-refractivity contribution in [2.75, 3.05) is 26.7 Å². The minimum atomic E-state index is -0.170. The second-order valence-corrected chi connectivity index (χ2v) is 4.73. The van der Waals surface area contributed by atoms with E-state index in [0.29, 0.717) is 5.92 Å². The van der Waals surface area contributed by atoms with Gasteiger partial charge in [0, 0.05) is 20.1 Å². The fraction of sp³-hybridized carbons (Fsp3) is 0.818. The molecule has 1 atom stereocenters. The third-order valence-corrected chi connectivity index (χ3v) is 3.22. The van der Waals surface area contributed by atoms with E-state index in [1.807, 2.05) is 0 Å². The van der Waals surface area contributed by atoms with Gasteiger partial charge in [0.15, 0.2) is 0 Å². The summed E-state index contributed by atoms with van der Waals surface area (Å²) in [5, 5.41) is 5.87. The molecule has 0 bridgehead atoms. The van der Waals surface area contributed by atoms with Gasteiger partial charge < -0.3 is 10.2 Å². The molecule has 0 aromatic carbocycles. The molecule has 90 valence electrons. The topological polar surface area (TPSA) is 61.4 Å². The monoisotopic (exact) mass is 225 g/mol. The molecule has 0 aromatic heterocycles. The van der Waals surface area contributed by atoms with Crippen LogP contribution in [0.15, 0.2) is 0 Å². The smallest absolute Gasteiger partial charge is 0.239 e. The van der Waals surface area contributed by atoms with Crippen LogP contribution in [-0.4, -0.2) is 49.4 Å². The second kappa shape index (κ2) is 4.82. The number of likely N-dealkylation sites (N-methyl/N-ethyl adjacent to an activating group) is 1. The molecule has 2 rings (SSSR count). The normalized spacial score (nSPS) is 24.9. The molecule has 2 aliphatic rings. The lowest BCUT2D eigenvalue weighted by Crippen LogP contribution is -2.43. The Kier molecular flexibility index (Phi) is 3.43. The van der Waals surface area contributed by atoms with Crippen molar-refractivity contribution in [2.24, 2.45) is 5.92 Å². The highest BCUT2D eigenvalue weighted by Crippen LogP contribution is 2.27. The summed E-state index contributed by atoms with van der Waals surface area (Å²) in [4.78, 5) is 24.6. The fourth-order valence-corrected chi connectivity index (χ4v) is 1.87. The van der Waals surface area contributed by atoms with Gasteiger partial charge >= 0.3 is 0 Å². The number of carbonyl (C=O) groups is 2. The summed E-state index contributed by atoms with van der Waals surface area (Å²) in [6.07, 6.45) is 3.27. The predicted octanol–water partition coefficient (Wildman–Crippen LogP) is -0.667. The van der Waals surface area contributed by atoms with Crippen LogP contribution in [0.4, 0.5) is 0 Å². The van der Waals surface area contributed by atoms with E-state index in [-0.39, 0.29) is 24.4 Å². The third-order valence-electron chi connectivity index (χ3n) is 3.22. The van der Waals surface area contributed by atoms with Crippen molar-refractivity contribution in [1.29, 1.82) is 0 Å². The Hall–Kier alpha value is -1.10. The standard InChI is InChI=1S/C11H19N3O2/c1-14-5-4-9(11(14)16)12-7-10(15)13-6-8-2-3-8/h8-9,12H,2-7H2,1H3,(H,13,15). The minimum Gasteiger partial charge on any atom is -0.355 e. The van der Waals surface area contributed by atoms with Crippen LogP contribution in [0.3, 0.4) is 0 Å². The van der Waals surface area contributed by atoms with Crippen molar-refractivity contribution in [3.8, 4) is 0 Å². The summed E-state index contributed by atoms with van der Waals surface area (Å²) in [5.41, 5.74) is 0. The number of nitrogens with one attached hydrogen (secondary N) is 2. The van der Waals surface area contributed by atoms with Crippen molar-refractivity contribution in [3.63, 3.8) is 0 Å². The summed E-state index contributed by atoms with van der Waals surface area (Å²) >= 11 is 0. The number of hydrogen-bond donors (Lipinski definition) is 2. The fourth-order valence-electron chi connectivity index (χ4n) is 1.87. The molecular formula is C11H19N3O2. The van der Waals surface area contributed by atoms with Gasteiger partial charge in [-0.25, -0.2) is 0 Å². The third kappa shape index (κ3) is 2.95. The van der Waals surface area contributed by atoms with E-state index in [2.05, 4.69) is 10.6 Å². The Labute approximate surface area is 95.6 Å². The van der Waals surface area contributed by atoms with Crippen LogP contribution in [0.1, 0.15) is 19.3 Å². The van der Waals surface area contributed by atoms with Gasteiger partial charge in [-0.3, -0.25) is 14.9 Å². The maximum Gasteiger partial charge on any atom is 0.239 e. The largest absolute Gasteiger partial charge is 0.355 e. The average Bonchev–Trinajstić information content (AvgIpc) is 3.04. The molecule has 0 aromatic rings. The van der Waals surface area contributed by atoms with Gasteiger partial charge in [-0.1, -0.05) is 0 Å². The molecule has 1 unspecified atom stereocenters. The van der Waals surface area contributed by atoms with Crippen LogP contribution in [0, 0.1) is 5.92 Å². The number of nitrogens with zero attached hydrogens (tertiary/aromatic N) is 1. The number of hydrogen-bond acceptors (Lipinski definition) is 3. The van der Waals surface area contributed by atoms with Crippen LogP contribution >= 0.6 is 0 Å². The van der Waals surface area contributed by atoms with E-state index in [9.17, 15) is 9.59 Å². The zero-order valence-electron chi connectivity index (χ0n) is 9.66. The molecule has 2 N–H and O–H groups in total. The number of amides is 2. The zero-order chi connectivity index (χ0) is 11.5. The second-order valence-electron chi connectivity index (χ2n) is 4.73. The summed E-state index contributed by atoms with van der Waals surface area (Å²) in [7, 11) is 1.79. The van der Waals surface area contributed by atoms with E-state index in [4.69, 9.17) is 0 Å². The lowest BCUT2D eigenvalue weighted by Gasteiger charge is -2.12. The lowest BCUT2D eigenvalue weighted by molar-refractivity contribution is -0.128. The van der Waals surface area contributed by atoms with Crippen molar-refractivity contribution in [2.45, 2.75) is 25.3 Å². The van der Waals surface area contributed by atoms with Crippen LogP contribution in [0.5, 0.6) is 0 Å². The van der Waals surface area contributed by atoms with Crippen molar-refractivity contribution in [3.05, 3.63) is 0 Å². The average molecular weight is 225 g/mol. The van der Waals surface area contributed by atoms with Gasteiger partial charge in [0.25, 0.3) is 0 Å². The molecule has 1 saturated heterocycles. The molecule has 16 heavy (non-hydrogen) atoms. The van der Waals surface area contributed by atoms with Crippen LogP contribution < -0.4 is 10.6 Å². The van der Waals surface area contributed by atoms with Crippen LogP contribution in [-0.2, 0) is 9.59 Å². The maximum absolute atomic E-state index is 11.5. The Morgan fingerprint density at radius 1 is 1.44 bits per heavy atom. The zero-order valence-corrected chi connectivity index (χ0v) is 9.66. The van der Waals surface area contributed by atoms with Crippen LogP contribution in [0.2, 0.25) is 0 Å². The Balaban J connectivity index is 1.62. The van der Waals surface area contributed by atoms with Gasteiger partial charge in [-0.05, 0) is 25.2 Å². The van der Waals surface area contributed by atoms with Gasteiger partial charge in [0.05, 0.1) is 12.6 Å². The highest BCUT2D eigenvalue weighted by Gasteiger charge is 2.29. The first-order chi connectivity index (χ1) is 7.66. The molecular weight excluding hydrogens is 206 g/mol. The first-order valence-electron chi connectivity index (χ1n) is 5.92. The first kappa shape index (κ1) is 11.4. The molecule has 2 fully saturated rings. The maximum atomic E-state index is 11.5.